The van der Waals surface area contributed by atoms with Gasteiger partial charge in [0.25, 0.3) is 10.0 Å². The second-order valence-electron chi connectivity index (χ2n) is 9.24. The van der Waals surface area contributed by atoms with Crippen molar-refractivity contribution in [2.75, 3.05) is 50.6 Å². The van der Waals surface area contributed by atoms with Crippen molar-refractivity contribution in [3.05, 3.63) is 71.8 Å². The number of amides is 1. The molecule has 1 aliphatic rings. The fourth-order valence-corrected chi connectivity index (χ4v) is 6.71. The third-order valence-corrected chi connectivity index (χ3v) is 10.2. The fourth-order valence-electron chi connectivity index (χ4n) is 4.35. The van der Waals surface area contributed by atoms with Crippen molar-refractivity contribution in [3.63, 3.8) is 0 Å². The molecule has 0 unspecified atom stereocenters. The monoisotopic (exact) mass is 573 g/mol. The van der Waals surface area contributed by atoms with E-state index in [-0.39, 0.29) is 27.8 Å². The maximum absolute atomic E-state index is 13.9. The van der Waals surface area contributed by atoms with Crippen LogP contribution in [0.4, 0.5) is 11.4 Å². The standard InChI is InChI=1S/C27H31N3O7S2/c1-19-6-9-22(10-7-19)39(34,35)30(25-17-21(36-4)8-13-26(25)37-5)18-27(31)29-15-14-20-16-23(11-12-24(20)29)38(32,33)28(2)3/h6-13,16-17H,14-15,18H2,1-5H3. The molecule has 208 valence electrons. The summed E-state index contributed by atoms with van der Waals surface area (Å²) in [5, 5.41) is 0. The average molecular weight is 574 g/mol. The summed E-state index contributed by atoms with van der Waals surface area (Å²) in [7, 11) is -2.06. The van der Waals surface area contributed by atoms with E-state index in [1.807, 2.05) is 6.92 Å². The molecule has 4 rings (SSSR count). The summed E-state index contributed by atoms with van der Waals surface area (Å²) in [6.07, 6.45) is 0.436. The molecular weight excluding hydrogens is 542 g/mol. The number of sulfonamides is 2. The largest absolute Gasteiger partial charge is 0.497 e. The SMILES string of the molecule is COc1ccc(OC)c(N(CC(=O)N2CCc3cc(S(=O)(=O)N(C)C)ccc32)S(=O)(=O)c2ccc(C)cc2)c1. The van der Waals surface area contributed by atoms with Crippen LogP contribution in [-0.4, -0.2) is 68.5 Å². The Hall–Kier alpha value is -3.61. The van der Waals surface area contributed by atoms with Gasteiger partial charge in [-0.3, -0.25) is 9.10 Å². The van der Waals surface area contributed by atoms with Crippen molar-refractivity contribution in [3.8, 4) is 11.5 Å². The van der Waals surface area contributed by atoms with E-state index in [1.165, 1.54) is 57.5 Å². The summed E-state index contributed by atoms with van der Waals surface area (Å²) in [4.78, 5) is 15.3. The van der Waals surface area contributed by atoms with Crippen LogP contribution in [0.2, 0.25) is 0 Å². The number of methoxy groups -OCH3 is 2. The molecule has 3 aromatic rings. The summed E-state index contributed by atoms with van der Waals surface area (Å²) < 4.78 is 65.9. The molecule has 0 radical (unpaired) electrons. The van der Waals surface area contributed by atoms with E-state index in [0.717, 1.165) is 14.2 Å². The predicted octanol–water partition coefficient (Wildman–Crippen LogP) is 3.05. The van der Waals surface area contributed by atoms with Crippen LogP contribution < -0.4 is 18.7 Å². The minimum Gasteiger partial charge on any atom is -0.497 e. The zero-order valence-electron chi connectivity index (χ0n) is 22.4. The third kappa shape index (κ3) is 5.45. The van der Waals surface area contributed by atoms with E-state index in [4.69, 9.17) is 9.47 Å². The van der Waals surface area contributed by atoms with Gasteiger partial charge in [0.1, 0.15) is 18.0 Å². The molecule has 0 aromatic heterocycles. The lowest BCUT2D eigenvalue weighted by atomic mass is 10.2. The van der Waals surface area contributed by atoms with Gasteiger partial charge in [0.15, 0.2) is 0 Å². The topological polar surface area (TPSA) is 114 Å². The maximum Gasteiger partial charge on any atom is 0.264 e. The molecule has 12 heteroatoms. The van der Waals surface area contributed by atoms with Crippen molar-refractivity contribution >= 4 is 37.3 Å². The minimum absolute atomic E-state index is 0.0196. The number of nitrogens with zero attached hydrogens (tertiary/aromatic N) is 3. The Balaban J connectivity index is 1.75. The van der Waals surface area contributed by atoms with Crippen molar-refractivity contribution < 1.29 is 31.1 Å². The first-order valence-corrected chi connectivity index (χ1v) is 15.0. The first kappa shape index (κ1) is 28.4. The number of ether oxygens (including phenoxy) is 2. The third-order valence-electron chi connectivity index (χ3n) is 6.57. The van der Waals surface area contributed by atoms with Crippen LogP contribution in [-0.2, 0) is 31.3 Å². The highest BCUT2D eigenvalue weighted by molar-refractivity contribution is 7.93. The molecule has 0 bridgehead atoms. The van der Waals surface area contributed by atoms with Crippen molar-refractivity contribution in [1.82, 2.24) is 4.31 Å². The number of aryl methyl sites for hydroxylation is 1. The molecule has 1 amide bonds. The van der Waals surface area contributed by atoms with E-state index in [0.29, 0.717) is 23.4 Å². The van der Waals surface area contributed by atoms with Gasteiger partial charge in [0.2, 0.25) is 15.9 Å². The number of hydrogen-bond acceptors (Lipinski definition) is 7. The van der Waals surface area contributed by atoms with Crippen LogP contribution in [0.25, 0.3) is 0 Å². The number of rotatable bonds is 9. The molecule has 10 nitrogen and oxygen atoms in total. The van der Waals surface area contributed by atoms with Crippen LogP contribution in [0.15, 0.2) is 70.5 Å². The number of hydrogen-bond donors (Lipinski definition) is 0. The Labute approximate surface area is 229 Å². The highest BCUT2D eigenvalue weighted by Crippen LogP contribution is 2.37. The lowest BCUT2D eigenvalue weighted by Crippen LogP contribution is -2.42. The Kier molecular flexibility index (Phi) is 7.92. The van der Waals surface area contributed by atoms with Gasteiger partial charge in [0.05, 0.1) is 29.7 Å². The Morgan fingerprint density at radius 3 is 2.15 bits per heavy atom. The molecule has 0 atom stereocenters. The molecule has 0 aliphatic carbocycles. The molecule has 0 saturated heterocycles. The normalized spacial score (nSPS) is 13.3. The smallest absolute Gasteiger partial charge is 0.264 e. The number of carbonyl (C=O) groups is 1. The average Bonchev–Trinajstić information content (AvgIpc) is 3.35. The predicted molar refractivity (Wildman–Crippen MR) is 149 cm³/mol. The van der Waals surface area contributed by atoms with E-state index in [1.54, 1.807) is 36.4 Å². The van der Waals surface area contributed by atoms with E-state index < -0.39 is 32.5 Å². The molecule has 1 aliphatic heterocycles. The summed E-state index contributed by atoms with van der Waals surface area (Å²) in [5.41, 5.74) is 2.28. The number of anilines is 2. The highest BCUT2D eigenvalue weighted by atomic mass is 32.2. The van der Waals surface area contributed by atoms with Gasteiger partial charge >= 0.3 is 0 Å². The quantitative estimate of drug-likeness (QED) is 0.387. The first-order valence-electron chi connectivity index (χ1n) is 12.1. The molecule has 0 spiro atoms. The molecule has 0 fully saturated rings. The van der Waals surface area contributed by atoms with Gasteiger partial charge < -0.3 is 14.4 Å². The van der Waals surface area contributed by atoms with Crippen LogP contribution >= 0.6 is 0 Å². The van der Waals surface area contributed by atoms with E-state index in [2.05, 4.69) is 0 Å². The van der Waals surface area contributed by atoms with Crippen molar-refractivity contribution in [2.24, 2.45) is 0 Å². The van der Waals surface area contributed by atoms with Gasteiger partial charge in [-0.05, 0) is 61.4 Å². The van der Waals surface area contributed by atoms with Crippen LogP contribution in [0.3, 0.4) is 0 Å². The summed E-state index contributed by atoms with van der Waals surface area (Å²) in [6, 6.07) is 15.7. The molecule has 0 N–H and O–H groups in total. The zero-order chi connectivity index (χ0) is 28.5. The first-order chi connectivity index (χ1) is 18.4. The van der Waals surface area contributed by atoms with Crippen molar-refractivity contribution in [2.45, 2.75) is 23.1 Å². The van der Waals surface area contributed by atoms with Crippen LogP contribution in [0, 0.1) is 6.92 Å². The van der Waals surface area contributed by atoms with Gasteiger partial charge in [-0.1, -0.05) is 17.7 Å². The van der Waals surface area contributed by atoms with E-state index in [9.17, 15) is 21.6 Å². The number of fused-ring (bicyclic) bond motifs is 1. The highest BCUT2D eigenvalue weighted by Gasteiger charge is 2.34. The van der Waals surface area contributed by atoms with Crippen LogP contribution in [0.1, 0.15) is 11.1 Å². The lowest BCUT2D eigenvalue weighted by molar-refractivity contribution is -0.117. The van der Waals surface area contributed by atoms with Gasteiger partial charge in [0, 0.05) is 32.4 Å². The summed E-state index contributed by atoms with van der Waals surface area (Å²) in [5.74, 6) is 0.167. The molecule has 3 aromatic carbocycles. The van der Waals surface area contributed by atoms with Gasteiger partial charge in [-0.2, -0.15) is 0 Å². The van der Waals surface area contributed by atoms with Crippen LogP contribution in [0.5, 0.6) is 11.5 Å². The summed E-state index contributed by atoms with van der Waals surface area (Å²) >= 11 is 0. The molecule has 39 heavy (non-hydrogen) atoms. The Morgan fingerprint density at radius 1 is 0.872 bits per heavy atom. The minimum atomic E-state index is -4.20. The Bertz CT molecular complexity index is 1600. The Morgan fingerprint density at radius 2 is 1.54 bits per heavy atom. The molecular formula is C27H31N3O7S2. The van der Waals surface area contributed by atoms with Gasteiger partial charge in [-0.15, -0.1) is 0 Å². The van der Waals surface area contributed by atoms with Crippen molar-refractivity contribution in [1.29, 1.82) is 0 Å². The fraction of sp³-hybridized carbons (Fsp3) is 0.296. The number of carbonyl (C=O) groups excluding carboxylic acids is 1. The van der Waals surface area contributed by atoms with Gasteiger partial charge in [-0.25, -0.2) is 21.1 Å². The second kappa shape index (κ2) is 10.9. The zero-order valence-corrected chi connectivity index (χ0v) is 24.0. The molecule has 1 heterocycles. The molecule has 0 saturated carbocycles. The summed E-state index contributed by atoms with van der Waals surface area (Å²) in [6.45, 7) is 1.62. The maximum atomic E-state index is 13.9. The second-order valence-corrected chi connectivity index (χ2v) is 13.2. The lowest BCUT2D eigenvalue weighted by Gasteiger charge is -2.28. The number of benzene rings is 3. The van der Waals surface area contributed by atoms with E-state index >= 15 is 0 Å².